The molecule has 0 spiro atoms. The third-order valence-corrected chi connectivity index (χ3v) is 3.97. The van der Waals surface area contributed by atoms with E-state index in [2.05, 4.69) is 0 Å². The second kappa shape index (κ2) is 6.01. The molecule has 2 aromatic rings. The summed E-state index contributed by atoms with van der Waals surface area (Å²) in [7, 11) is 0. The molecule has 0 N–H and O–H groups in total. The van der Waals surface area contributed by atoms with Crippen molar-refractivity contribution < 1.29 is 4.42 Å². The average Bonchev–Trinajstić information content (AvgIpc) is 2.82. The van der Waals surface area contributed by atoms with Crippen LogP contribution in [0.1, 0.15) is 29.2 Å². The number of benzene rings is 1. The van der Waals surface area contributed by atoms with Gasteiger partial charge in [0.05, 0.1) is 21.7 Å². The zero-order valence-corrected chi connectivity index (χ0v) is 12.2. The number of rotatable bonds is 4. The molecule has 1 aromatic heterocycles. The third-order valence-electron chi connectivity index (χ3n) is 2.84. The fraction of sp³-hybridized carbons (Fsp3) is 0.286. The van der Waals surface area contributed by atoms with Crippen LogP contribution in [0.4, 0.5) is 0 Å². The second-order valence-corrected chi connectivity index (χ2v) is 5.41. The van der Waals surface area contributed by atoms with Gasteiger partial charge in [-0.2, -0.15) is 0 Å². The minimum atomic E-state index is -0.115. The highest BCUT2D eigenvalue weighted by molar-refractivity contribution is 6.42. The molecule has 4 heteroatoms. The maximum atomic E-state index is 6.42. The number of aryl methyl sites for hydroxylation is 1. The standard InChI is InChI=1S/C14H13Cl3O/c1-2-14-10(5-6-18-14)12(16)7-9-3-4-11(15)13(17)8-9/h3-6,8,12H,2,7H2,1H3. The van der Waals surface area contributed by atoms with Gasteiger partial charge in [-0.3, -0.25) is 0 Å². The molecule has 0 aliphatic rings. The molecular weight excluding hydrogens is 291 g/mol. The lowest BCUT2D eigenvalue weighted by Crippen LogP contribution is -1.97. The van der Waals surface area contributed by atoms with Gasteiger partial charge >= 0.3 is 0 Å². The number of alkyl halides is 1. The maximum absolute atomic E-state index is 6.42. The Morgan fingerprint density at radius 1 is 1.17 bits per heavy atom. The van der Waals surface area contributed by atoms with Crippen LogP contribution in [0.3, 0.4) is 0 Å². The zero-order valence-electron chi connectivity index (χ0n) is 9.92. The van der Waals surface area contributed by atoms with Crippen LogP contribution in [0.5, 0.6) is 0 Å². The molecular formula is C14H13Cl3O. The average molecular weight is 304 g/mol. The zero-order chi connectivity index (χ0) is 13.1. The van der Waals surface area contributed by atoms with Crippen LogP contribution in [0, 0.1) is 0 Å². The molecule has 1 unspecified atom stereocenters. The van der Waals surface area contributed by atoms with Gasteiger partial charge in [0.25, 0.3) is 0 Å². The number of halogens is 3. The topological polar surface area (TPSA) is 13.1 Å². The molecule has 0 saturated carbocycles. The first kappa shape index (κ1) is 13.8. The lowest BCUT2D eigenvalue weighted by Gasteiger charge is -2.10. The minimum absolute atomic E-state index is 0.115. The Morgan fingerprint density at radius 3 is 2.61 bits per heavy atom. The lowest BCUT2D eigenvalue weighted by molar-refractivity contribution is 0.510. The van der Waals surface area contributed by atoms with Crippen molar-refractivity contribution >= 4 is 34.8 Å². The highest BCUT2D eigenvalue weighted by Gasteiger charge is 2.15. The largest absolute Gasteiger partial charge is 0.469 e. The minimum Gasteiger partial charge on any atom is -0.469 e. The molecule has 0 radical (unpaired) electrons. The Bertz CT molecular complexity index is 534. The number of hydrogen-bond acceptors (Lipinski definition) is 1. The Hall–Kier alpha value is -0.630. The van der Waals surface area contributed by atoms with E-state index >= 15 is 0 Å². The molecule has 0 saturated heterocycles. The Labute approximate surface area is 122 Å². The normalized spacial score (nSPS) is 12.7. The summed E-state index contributed by atoms with van der Waals surface area (Å²) in [5.74, 6) is 0.940. The van der Waals surface area contributed by atoms with Crippen LogP contribution < -0.4 is 0 Å². The molecule has 96 valence electrons. The van der Waals surface area contributed by atoms with E-state index < -0.39 is 0 Å². The molecule has 1 aromatic carbocycles. The van der Waals surface area contributed by atoms with Gasteiger partial charge < -0.3 is 4.42 Å². The molecule has 0 amide bonds. The summed E-state index contributed by atoms with van der Waals surface area (Å²) >= 11 is 18.3. The first-order valence-electron chi connectivity index (χ1n) is 5.76. The molecule has 0 aliphatic heterocycles. The van der Waals surface area contributed by atoms with Gasteiger partial charge in [0, 0.05) is 12.0 Å². The van der Waals surface area contributed by atoms with Crippen LogP contribution in [-0.2, 0) is 12.8 Å². The Morgan fingerprint density at radius 2 is 1.94 bits per heavy atom. The van der Waals surface area contributed by atoms with E-state index in [1.165, 1.54) is 0 Å². The monoisotopic (exact) mass is 302 g/mol. The fourth-order valence-corrected chi connectivity index (χ4v) is 2.59. The molecule has 2 rings (SSSR count). The SMILES string of the molecule is CCc1occc1C(Cl)Cc1ccc(Cl)c(Cl)c1. The van der Waals surface area contributed by atoms with Crippen LogP contribution in [-0.4, -0.2) is 0 Å². The molecule has 18 heavy (non-hydrogen) atoms. The maximum Gasteiger partial charge on any atom is 0.108 e. The van der Waals surface area contributed by atoms with Crippen molar-refractivity contribution in [3.8, 4) is 0 Å². The van der Waals surface area contributed by atoms with Crippen molar-refractivity contribution in [3.63, 3.8) is 0 Å². The fourth-order valence-electron chi connectivity index (χ4n) is 1.90. The smallest absolute Gasteiger partial charge is 0.108 e. The molecule has 1 heterocycles. The lowest BCUT2D eigenvalue weighted by atomic mass is 10.0. The third kappa shape index (κ3) is 3.03. The quantitative estimate of drug-likeness (QED) is 0.663. The van der Waals surface area contributed by atoms with Crippen LogP contribution in [0.15, 0.2) is 34.9 Å². The van der Waals surface area contributed by atoms with Gasteiger partial charge in [-0.1, -0.05) is 36.2 Å². The van der Waals surface area contributed by atoms with Crippen molar-refractivity contribution in [1.29, 1.82) is 0 Å². The molecule has 0 fully saturated rings. The van der Waals surface area contributed by atoms with E-state index in [1.54, 1.807) is 12.3 Å². The van der Waals surface area contributed by atoms with E-state index in [4.69, 9.17) is 39.2 Å². The van der Waals surface area contributed by atoms with Crippen LogP contribution in [0.2, 0.25) is 10.0 Å². The Balaban J connectivity index is 2.16. The molecule has 1 atom stereocenters. The highest BCUT2D eigenvalue weighted by atomic mass is 35.5. The summed E-state index contributed by atoms with van der Waals surface area (Å²) in [6.07, 6.45) is 3.22. The number of furan rings is 1. The molecule has 0 bridgehead atoms. The van der Waals surface area contributed by atoms with Gasteiger partial charge in [-0.15, -0.1) is 11.6 Å². The summed E-state index contributed by atoms with van der Waals surface area (Å²) in [6, 6.07) is 7.51. The van der Waals surface area contributed by atoms with Gasteiger partial charge in [0.15, 0.2) is 0 Å². The van der Waals surface area contributed by atoms with Crippen molar-refractivity contribution in [2.45, 2.75) is 25.1 Å². The first-order valence-corrected chi connectivity index (χ1v) is 6.95. The van der Waals surface area contributed by atoms with E-state index in [0.717, 1.165) is 23.3 Å². The van der Waals surface area contributed by atoms with E-state index in [-0.39, 0.29) is 5.38 Å². The van der Waals surface area contributed by atoms with Gasteiger partial charge in [-0.05, 0) is 30.2 Å². The summed E-state index contributed by atoms with van der Waals surface area (Å²) in [5, 5.41) is 1.00. The summed E-state index contributed by atoms with van der Waals surface area (Å²) in [6.45, 7) is 2.05. The van der Waals surface area contributed by atoms with Crippen LogP contribution in [0.25, 0.3) is 0 Å². The number of hydrogen-bond donors (Lipinski definition) is 0. The summed E-state index contributed by atoms with van der Waals surface area (Å²) < 4.78 is 5.38. The summed E-state index contributed by atoms with van der Waals surface area (Å²) in [4.78, 5) is 0. The Kier molecular flexibility index (Phi) is 4.60. The first-order chi connectivity index (χ1) is 8.61. The van der Waals surface area contributed by atoms with Crippen molar-refractivity contribution in [2.24, 2.45) is 0 Å². The highest BCUT2D eigenvalue weighted by Crippen LogP contribution is 2.31. The van der Waals surface area contributed by atoms with Crippen molar-refractivity contribution in [2.75, 3.05) is 0 Å². The van der Waals surface area contributed by atoms with E-state index in [9.17, 15) is 0 Å². The molecule has 0 aliphatic carbocycles. The molecule has 1 nitrogen and oxygen atoms in total. The van der Waals surface area contributed by atoms with Gasteiger partial charge in [0.1, 0.15) is 5.76 Å². The second-order valence-electron chi connectivity index (χ2n) is 4.07. The van der Waals surface area contributed by atoms with Crippen molar-refractivity contribution in [3.05, 3.63) is 57.5 Å². The van der Waals surface area contributed by atoms with E-state index in [1.807, 2.05) is 25.1 Å². The predicted molar refractivity (Wildman–Crippen MR) is 76.8 cm³/mol. The summed E-state index contributed by atoms with van der Waals surface area (Å²) in [5.41, 5.74) is 2.11. The van der Waals surface area contributed by atoms with Crippen molar-refractivity contribution in [1.82, 2.24) is 0 Å². The van der Waals surface area contributed by atoms with E-state index in [0.29, 0.717) is 16.5 Å². The predicted octanol–water partition coefficient (Wildman–Crippen LogP) is 5.67. The van der Waals surface area contributed by atoms with Crippen LogP contribution >= 0.6 is 34.8 Å². The van der Waals surface area contributed by atoms with Gasteiger partial charge in [-0.25, -0.2) is 0 Å². The van der Waals surface area contributed by atoms with Gasteiger partial charge in [0.2, 0.25) is 0 Å².